The molecule has 3 nitrogen and oxygen atoms in total. The zero-order chi connectivity index (χ0) is 16.2. The lowest BCUT2D eigenvalue weighted by molar-refractivity contribution is 0.195. The van der Waals surface area contributed by atoms with Crippen LogP contribution in [-0.2, 0) is 8.87 Å². The van der Waals surface area contributed by atoms with Gasteiger partial charge in [-0.1, -0.05) is 24.6 Å². The number of piperidine rings is 1. The summed E-state index contributed by atoms with van der Waals surface area (Å²) in [7, 11) is -4.13. The standard InChI is InChI=1S/C17H29NO2S2/c1-4-11-18-12-9-16(10-13-18)14-21(3)22(19,20)17-7-5-15(2)6-8-17/h5-8,16,21H,4,9-14H2,1-3H3. The topological polar surface area (TPSA) is 37.4 Å². The van der Waals surface area contributed by atoms with Gasteiger partial charge in [0.2, 0.25) is 8.87 Å². The summed E-state index contributed by atoms with van der Waals surface area (Å²) in [5.41, 5.74) is 1.10. The smallest absolute Gasteiger partial charge is 0.210 e. The molecule has 0 N–H and O–H groups in total. The number of thiol groups is 1. The van der Waals surface area contributed by atoms with Crippen LogP contribution >= 0.6 is 9.93 Å². The average Bonchev–Trinajstić information content (AvgIpc) is 2.50. The van der Waals surface area contributed by atoms with E-state index in [0.717, 1.165) is 37.2 Å². The summed E-state index contributed by atoms with van der Waals surface area (Å²) < 4.78 is 25.4. The van der Waals surface area contributed by atoms with E-state index < -0.39 is 18.8 Å². The van der Waals surface area contributed by atoms with E-state index in [9.17, 15) is 8.42 Å². The Labute approximate surface area is 137 Å². The summed E-state index contributed by atoms with van der Waals surface area (Å²) in [6, 6.07) is 7.29. The van der Waals surface area contributed by atoms with Crippen LogP contribution in [-0.4, -0.2) is 45.0 Å². The lowest BCUT2D eigenvalue weighted by Crippen LogP contribution is -2.35. The van der Waals surface area contributed by atoms with Gasteiger partial charge in [0, 0.05) is 0 Å². The molecule has 0 amide bonds. The second-order valence-electron chi connectivity index (χ2n) is 6.38. The summed E-state index contributed by atoms with van der Waals surface area (Å²) in [6.07, 6.45) is 5.43. The first-order valence-electron chi connectivity index (χ1n) is 8.19. The van der Waals surface area contributed by atoms with Crippen LogP contribution in [0.25, 0.3) is 0 Å². The second kappa shape index (κ2) is 7.84. The van der Waals surface area contributed by atoms with Crippen LogP contribution in [0.5, 0.6) is 0 Å². The van der Waals surface area contributed by atoms with Crippen LogP contribution in [0.2, 0.25) is 0 Å². The lowest BCUT2D eigenvalue weighted by atomic mass is 9.99. The number of hydrogen-bond donors (Lipinski definition) is 1. The van der Waals surface area contributed by atoms with Crippen LogP contribution in [0.4, 0.5) is 0 Å². The molecule has 1 heterocycles. The Morgan fingerprint density at radius 3 is 2.32 bits per heavy atom. The molecule has 2 rings (SSSR count). The van der Waals surface area contributed by atoms with E-state index in [1.54, 1.807) is 12.1 Å². The van der Waals surface area contributed by atoms with Crippen LogP contribution in [0.15, 0.2) is 29.2 Å². The molecule has 1 aliphatic heterocycles. The number of benzene rings is 1. The highest BCUT2D eigenvalue weighted by molar-refractivity contribution is 8.80. The minimum absolute atomic E-state index is 0.495. The maximum absolute atomic E-state index is 12.7. The molecule has 22 heavy (non-hydrogen) atoms. The first kappa shape index (κ1) is 17.8. The number of aryl methyl sites for hydroxylation is 1. The van der Waals surface area contributed by atoms with Crippen molar-refractivity contribution < 1.29 is 8.42 Å². The van der Waals surface area contributed by atoms with Crippen molar-refractivity contribution in [1.29, 1.82) is 0 Å². The zero-order valence-corrected chi connectivity index (χ0v) is 15.7. The monoisotopic (exact) mass is 343 g/mol. The van der Waals surface area contributed by atoms with E-state index in [2.05, 4.69) is 11.8 Å². The highest BCUT2D eigenvalue weighted by Crippen LogP contribution is 2.39. The van der Waals surface area contributed by atoms with Gasteiger partial charge in [0.05, 0.1) is 4.90 Å². The molecule has 126 valence electrons. The summed E-state index contributed by atoms with van der Waals surface area (Å²) in [5.74, 6) is 1.43. The maximum atomic E-state index is 12.7. The van der Waals surface area contributed by atoms with E-state index in [1.807, 2.05) is 25.3 Å². The Kier molecular flexibility index (Phi) is 6.36. The third-order valence-electron chi connectivity index (χ3n) is 4.49. The molecule has 1 aromatic rings. The van der Waals surface area contributed by atoms with E-state index in [-0.39, 0.29) is 0 Å². The van der Waals surface area contributed by atoms with Crippen molar-refractivity contribution in [2.24, 2.45) is 5.92 Å². The van der Waals surface area contributed by atoms with Crippen molar-refractivity contribution in [3.05, 3.63) is 29.8 Å². The maximum Gasteiger partial charge on any atom is 0.210 e. The highest BCUT2D eigenvalue weighted by atomic mass is 33.2. The highest BCUT2D eigenvalue weighted by Gasteiger charge is 2.25. The van der Waals surface area contributed by atoms with Crippen molar-refractivity contribution in [3.8, 4) is 0 Å². The van der Waals surface area contributed by atoms with Crippen molar-refractivity contribution in [2.75, 3.05) is 31.6 Å². The molecular weight excluding hydrogens is 314 g/mol. The molecule has 0 spiro atoms. The number of nitrogens with zero attached hydrogens (tertiary/aromatic N) is 1. The molecule has 1 aromatic carbocycles. The molecule has 0 aromatic heterocycles. The fourth-order valence-corrected chi connectivity index (χ4v) is 7.86. The molecule has 5 heteroatoms. The first-order valence-corrected chi connectivity index (χ1v) is 12.2. The quantitative estimate of drug-likeness (QED) is 0.635. The van der Waals surface area contributed by atoms with E-state index in [0.29, 0.717) is 10.8 Å². The van der Waals surface area contributed by atoms with Gasteiger partial charge in [-0.2, -0.15) is 0 Å². The van der Waals surface area contributed by atoms with Gasteiger partial charge in [-0.25, -0.2) is 8.42 Å². The summed E-state index contributed by atoms with van der Waals surface area (Å²) in [4.78, 5) is 3.00. The van der Waals surface area contributed by atoms with E-state index >= 15 is 0 Å². The van der Waals surface area contributed by atoms with Gasteiger partial charge in [-0.15, -0.1) is 9.93 Å². The Morgan fingerprint density at radius 1 is 1.18 bits per heavy atom. The van der Waals surface area contributed by atoms with Crippen LogP contribution in [0, 0.1) is 12.8 Å². The Balaban J connectivity index is 1.94. The molecule has 1 atom stereocenters. The van der Waals surface area contributed by atoms with Crippen molar-refractivity contribution in [1.82, 2.24) is 4.90 Å². The average molecular weight is 344 g/mol. The predicted octanol–water partition coefficient (Wildman–Crippen LogP) is 3.44. The van der Waals surface area contributed by atoms with E-state index in [1.165, 1.54) is 13.0 Å². The zero-order valence-electron chi connectivity index (χ0n) is 14.0. The third-order valence-corrected chi connectivity index (χ3v) is 10.8. The van der Waals surface area contributed by atoms with Crippen molar-refractivity contribution in [3.63, 3.8) is 0 Å². The van der Waals surface area contributed by atoms with Gasteiger partial charge in [0.25, 0.3) is 0 Å². The normalized spacial score (nSPS) is 20.0. The molecule has 1 fully saturated rings. The minimum Gasteiger partial charge on any atom is -0.303 e. The number of likely N-dealkylation sites (tertiary alicyclic amines) is 1. The van der Waals surface area contributed by atoms with Gasteiger partial charge in [-0.3, -0.25) is 0 Å². The molecule has 0 aliphatic carbocycles. The SMILES string of the molecule is CCCN1CCC(C[SH](C)S(=O)(=O)c2ccc(C)cc2)CC1. The fourth-order valence-electron chi connectivity index (χ4n) is 3.06. The molecule has 0 bridgehead atoms. The van der Waals surface area contributed by atoms with Gasteiger partial charge in [0.15, 0.2) is 0 Å². The summed E-state index contributed by atoms with van der Waals surface area (Å²) in [6.45, 7) is 7.63. The van der Waals surface area contributed by atoms with E-state index in [4.69, 9.17) is 0 Å². The molecule has 1 unspecified atom stereocenters. The Morgan fingerprint density at radius 2 is 1.77 bits per heavy atom. The summed E-state index contributed by atoms with van der Waals surface area (Å²) in [5, 5.41) is 0. The molecule has 0 radical (unpaired) electrons. The molecule has 0 saturated carbocycles. The lowest BCUT2D eigenvalue weighted by Gasteiger charge is -2.33. The van der Waals surface area contributed by atoms with Gasteiger partial charge < -0.3 is 4.90 Å². The molecular formula is C17H29NO2S2. The van der Waals surface area contributed by atoms with Gasteiger partial charge in [0.1, 0.15) is 0 Å². The predicted molar refractivity (Wildman–Crippen MR) is 97.6 cm³/mol. The molecule has 1 aliphatic rings. The largest absolute Gasteiger partial charge is 0.303 e. The van der Waals surface area contributed by atoms with Gasteiger partial charge >= 0.3 is 0 Å². The number of hydrogen-bond acceptors (Lipinski definition) is 3. The van der Waals surface area contributed by atoms with Crippen LogP contribution in [0.1, 0.15) is 31.7 Å². The Bertz CT molecular complexity index is 561. The summed E-state index contributed by atoms with van der Waals surface area (Å²) >= 11 is 0. The van der Waals surface area contributed by atoms with Crippen LogP contribution in [0.3, 0.4) is 0 Å². The molecule has 1 saturated heterocycles. The van der Waals surface area contributed by atoms with Crippen molar-refractivity contribution >= 4 is 18.8 Å². The van der Waals surface area contributed by atoms with Crippen LogP contribution < -0.4 is 0 Å². The minimum atomic E-state index is -3.13. The number of rotatable bonds is 6. The first-order chi connectivity index (χ1) is 10.4. The fraction of sp³-hybridized carbons (Fsp3) is 0.647. The van der Waals surface area contributed by atoms with Crippen molar-refractivity contribution in [2.45, 2.75) is 38.0 Å². The second-order valence-corrected chi connectivity index (χ2v) is 12.7. The van der Waals surface area contributed by atoms with Gasteiger partial charge in [-0.05, 0) is 75.9 Å². The Hall–Kier alpha value is -0.520. The third kappa shape index (κ3) is 4.49.